The lowest BCUT2D eigenvalue weighted by molar-refractivity contribution is 0.324. The van der Waals surface area contributed by atoms with Crippen molar-refractivity contribution in [3.63, 3.8) is 0 Å². The lowest BCUT2D eigenvalue weighted by Gasteiger charge is -2.16. The fourth-order valence-corrected chi connectivity index (χ4v) is 1.50. The molecule has 0 unspecified atom stereocenters. The molecule has 0 fully saturated rings. The zero-order valence-electron chi connectivity index (χ0n) is 10.1. The van der Waals surface area contributed by atoms with Gasteiger partial charge in [0.25, 0.3) is 0 Å². The molecule has 1 aromatic heterocycles. The summed E-state index contributed by atoms with van der Waals surface area (Å²) in [5, 5.41) is 3.36. The second-order valence-electron chi connectivity index (χ2n) is 4.05. The summed E-state index contributed by atoms with van der Waals surface area (Å²) in [6.45, 7) is 6.13. The van der Waals surface area contributed by atoms with Crippen molar-refractivity contribution < 1.29 is 0 Å². The molecule has 0 amide bonds. The Kier molecular flexibility index (Phi) is 5.82. The first-order valence-corrected chi connectivity index (χ1v) is 5.79. The summed E-state index contributed by atoms with van der Waals surface area (Å²) >= 11 is 0. The highest BCUT2D eigenvalue weighted by Crippen LogP contribution is 1.97. The third kappa shape index (κ3) is 5.09. The zero-order valence-corrected chi connectivity index (χ0v) is 10.1. The number of nitrogens with one attached hydrogen (secondary N) is 2. The van der Waals surface area contributed by atoms with E-state index in [1.165, 1.54) is 6.42 Å². The van der Waals surface area contributed by atoms with Gasteiger partial charge in [-0.25, -0.2) is 0 Å². The van der Waals surface area contributed by atoms with Crippen LogP contribution in [0.25, 0.3) is 0 Å². The first-order chi connectivity index (χ1) is 7.72. The Morgan fingerprint density at radius 2 is 2.19 bits per heavy atom. The monoisotopic (exact) mass is 223 g/mol. The predicted molar refractivity (Wildman–Crippen MR) is 66.6 cm³/mol. The third-order valence-corrected chi connectivity index (χ3v) is 2.40. The number of H-pyrrole nitrogens is 1. The highest BCUT2D eigenvalue weighted by Gasteiger charge is 1.99. The van der Waals surface area contributed by atoms with E-state index < -0.39 is 0 Å². The number of hydrogen-bond acceptors (Lipinski definition) is 3. The highest BCUT2D eigenvalue weighted by molar-refractivity contribution is 5.08. The average Bonchev–Trinajstić information content (AvgIpc) is 2.28. The lowest BCUT2D eigenvalue weighted by Crippen LogP contribution is -2.29. The first kappa shape index (κ1) is 12.9. The second-order valence-corrected chi connectivity index (χ2v) is 4.05. The summed E-state index contributed by atoms with van der Waals surface area (Å²) in [6.07, 6.45) is 2.95. The molecule has 0 saturated carbocycles. The van der Waals surface area contributed by atoms with Crippen LogP contribution in [0, 0.1) is 0 Å². The number of aromatic amines is 1. The fraction of sp³-hybridized carbons (Fsp3) is 0.583. The van der Waals surface area contributed by atoms with E-state index in [-0.39, 0.29) is 5.56 Å². The van der Waals surface area contributed by atoms with Gasteiger partial charge in [0.1, 0.15) is 0 Å². The van der Waals surface area contributed by atoms with Crippen molar-refractivity contribution in [2.24, 2.45) is 0 Å². The summed E-state index contributed by atoms with van der Waals surface area (Å²) in [7, 11) is 2.08. The van der Waals surface area contributed by atoms with E-state index >= 15 is 0 Å². The Bertz CT molecular complexity index is 328. The van der Waals surface area contributed by atoms with Crippen LogP contribution in [-0.2, 0) is 6.54 Å². The minimum Gasteiger partial charge on any atom is -0.329 e. The normalized spacial score (nSPS) is 10.9. The van der Waals surface area contributed by atoms with Gasteiger partial charge in [0.05, 0.1) is 0 Å². The van der Waals surface area contributed by atoms with Gasteiger partial charge in [-0.2, -0.15) is 0 Å². The van der Waals surface area contributed by atoms with Crippen molar-refractivity contribution in [2.45, 2.75) is 19.9 Å². The Labute approximate surface area is 96.7 Å². The minimum absolute atomic E-state index is 0.0454. The molecular formula is C12H21N3O. The molecule has 16 heavy (non-hydrogen) atoms. The van der Waals surface area contributed by atoms with Crippen LogP contribution in [-0.4, -0.2) is 36.6 Å². The van der Waals surface area contributed by atoms with Crippen LogP contribution in [0.15, 0.2) is 23.1 Å². The molecule has 0 spiro atoms. The van der Waals surface area contributed by atoms with Crippen molar-refractivity contribution in [3.8, 4) is 0 Å². The molecule has 2 N–H and O–H groups in total. The van der Waals surface area contributed by atoms with Crippen LogP contribution < -0.4 is 10.9 Å². The molecule has 0 bridgehead atoms. The van der Waals surface area contributed by atoms with Gasteiger partial charge in [-0.15, -0.1) is 0 Å². The number of nitrogens with zero attached hydrogens (tertiary/aromatic N) is 1. The Morgan fingerprint density at radius 3 is 2.81 bits per heavy atom. The van der Waals surface area contributed by atoms with Crippen LogP contribution in [0.5, 0.6) is 0 Å². The minimum atomic E-state index is -0.0454. The number of rotatable bonds is 7. The number of aromatic nitrogens is 1. The molecule has 1 heterocycles. The van der Waals surface area contributed by atoms with E-state index in [9.17, 15) is 4.79 Å². The number of hydrogen-bond donors (Lipinski definition) is 2. The van der Waals surface area contributed by atoms with Crippen LogP contribution in [0.1, 0.15) is 18.9 Å². The van der Waals surface area contributed by atoms with E-state index in [4.69, 9.17) is 0 Å². The molecule has 90 valence electrons. The third-order valence-electron chi connectivity index (χ3n) is 2.40. The summed E-state index contributed by atoms with van der Waals surface area (Å²) < 4.78 is 0. The topological polar surface area (TPSA) is 48.1 Å². The quantitative estimate of drug-likeness (QED) is 0.672. The predicted octanol–water partition coefficient (Wildman–Crippen LogP) is 0.806. The van der Waals surface area contributed by atoms with Crippen LogP contribution in [0.3, 0.4) is 0 Å². The van der Waals surface area contributed by atoms with E-state index in [2.05, 4.69) is 29.2 Å². The van der Waals surface area contributed by atoms with Crippen molar-refractivity contribution in [1.29, 1.82) is 0 Å². The van der Waals surface area contributed by atoms with Crippen molar-refractivity contribution >= 4 is 0 Å². The number of pyridine rings is 1. The van der Waals surface area contributed by atoms with Gasteiger partial charge in [0.2, 0.25) is 5.56 Å². The van der Waals surface area contributed by atoms with E-state index in [0.29, 0.717) is 0 Å². The largest absolute Gasteiger partial charge is 0.329 e. The van der Waals surface area contributed by atoms with Gasteiger partial charge in [0, 0.05) is 31.9 Å². The van der Waals surface area contributed by atoms with Gasteiger partial charge in [0.15, 0.2) is 0 Å². The molecule has 0 aliphatic rings. The van der Waals surface area contributed by atoms with Crippen LogP contribution >= 0.6 is 0 Å². The molecule has 0 aliphatic carbocycles. The van der Waals surface area contributed by atoms with Gasteiger partial charge >= 0.3 is 0 Å². The van der Waals surface area contributed by atoms with Crippen molar-refractivity contribution in [3.05, 3.63) is 34.2 Å². The maximum atomic E-state index is 10.9. The average molecular weight is 223 g/mol. The SMILES string of the molecule is CCCNCCN(C)Cc1ccc(=O)[nH]c1. The van der Waals surface area contributed by atoms with Gasteiger partial charge in [-0.3, -0.25) is 4.79 Å². The Morgan fingerprint density at radius 1 is 1.38 bits per heavy atom. The molecule has 1 aromatic rings. The van der Waals surface area contributed by atoms with Crippen LogP contribution in [0.4, 0.5) is 0 Å². The summed E-state index contributed by atoms with van der Waals surface area (Å²) in [5.41, 5.74) is 1.09. The first-order valence-electron chi connectivity index (χ1n) is 5.79. The fourth-order valence-electron chi connectivity index (χ4n) is 1.50. The Balaban J connectivity index is 2.25. The standard InChI is InChI=1S/C12H21N3O/c1-3-6-13-7-8-15(2)10-11-4-5-12(16)14-9-11/h4-5,9,13H,3,6-8,10H2,1-2H3,(H,14,16). The van der Waals surface area contributed by atoms with E-state index in [0.717, 1.165) is 31.7 Å². The van der Waals surface area contributed by atoms with Crippen LogP contribution in [0.2, 0.25) is 0 Å². The smallest absolute Gasteiger partial charge is 0.247 e. The molecule has 4 nitrogen and oxygen atoms in total. The Hall–Kier alpha value is -1.13. The van der Waals surface area contributed by atoms with Crippen molar-refractivity contribution in [1.82, 2.24) is 15.2 Å². The molecule has 0 saturated heterocycles. The van der Waals surface area contributed by atoms with Gasteiger partial charge in [-0.1, -0.05) is 13.0 Å². The van der Waals surface area contributed by atoms with Crippen molar-refractivity contribution in [2.75, 3.05) is 26.7 Å². The summed E-state index contributed by atoms with van der Waals surface area (Å²) in [6, 6.07) is 3.44. The van der Waals surface area contributed by atoms with E-state index in [1.807, 2.05) is 6.07 Å². The second kappa shape index (κ2) is 7.19. The molecule has 4 heteroatoms. The van der Waals surface area contributed by atoms with E-state index in [1.54, 1.807) is 12.3 Å². The zero-order chi connectivity index (χ0) is 11.8. The molecule has 0 radical (unpaired) electrons. The molecular weight excluding hydrogens is 202 g/mol. The van der Waals surface area contributed by atoms with Gasteiger partial charge < -0.3 is 15.2 Å². The molecule has 0 aromatic carbocycles. The maximum absolute atomic E-state index is 10.9. The summed E-state index contributed by atoms with van der Waals surface area (Å²) in [4.78, 5) is 15.8. The maximum Gasteiger partial charge on any atom is 0.247 e. The number of likely N-dealkylation sites (N-methyl/N-ethyl adjacent to an activating group) is 1. The van der Waals surface area contributed by atoms with Gasteiger partial charge in [-0.05, 0) is 25.6 Å². The highest BCUT2D eigenvalue weighted by atomic mass is 16.1. The lowest BCUT2D eigenvalue weighted by atomic mass is 10.2. The molecule has 1 rings (SSSR count). The molecule has 0 aliphatic heterocycles. The summed E-state index contributed by atoms with van der Waals surface area (Å²) in [5.74, 6) is 0. The molecule has 0 atom stereocenters.